The first-order chi connectivity index (χ1) is 12.6. The Kier molecular flexibility index (Phi) is 4.34. The van der Waals surface area contributed by atoms with E-state index >= 15 is 0 Å². The van der Waals surface area contributed by atoms with Crippen LogP contribution in [0.25, 0.3) is 0 Å². The predicted octanol–water partition coefficient (Wildman–Crippen LogP) is -0.220. The Hall–Kier alpha value is -2.87. The van der Waals surface area contributed by atoms with Gasteiger partial charge < -0.3 is 20.6 Å². The first-order valence-corrected chi connectivity index (χ1v) is 8.77. The number of nitrogens with one attached hydrogen (secondary N) is 2. The molecule has 1 aromatic carbocycles. The van der Waals surface area contributed by atoms with Gasteiger partial charge in [-0.25, -0.2) is 0 Å². The van der Waals surface area contributed by atoms with Crippen LogP contribution < -0.4 is 15.5 Å². The number of fused-ring (bicyclic) bond motifs is 2. The molecule has 3 N–H and O–H groups in total. The summed E-state index contributed by atoms with van der Waals surface area (Å²) in [5, 5.41) is 19.4. The van der Waals surface area contributed by atoms with E-state index in [1.807, 2.05) is 12.1 Å². The van der Waals surface area contributed by atoms with Crippen molar-refractivity contribution < 1.29 is 14.7 Å². The van der Waals surface area contributed by atoms with E-state index in [9.17, 15) is 14.7 Å². The van der Waals surface area contributed by atoms with Crippen molar-refractivity contribution in [3.8, 4) is 0 Å². The largest absolute Gasteiger partial charge is 0.389 e. The molecular formula is C18H21N5O3. The second-order valence-electron chi connectivity index (χ2n) is 6.58. The molecular weight excluding hydrogens is 334 g/mol. The van der Waals surface area contributed by atoms with Crippen molar-refractivity contribution in [2.75, 3.05) is 31.1 Å². The summed E-state index contributed by atoms with van der Waals surface area (Å²) >= 11 is 0. The van der Waals surface area contributed by atoms with Crippen LogP contribution in [0.1, 0.15) is 26.5 Å². The number of anilines is 1. The summed E-state index contributed by atoms with van der Waals surface area (Å²) in [6, 6.07) is 9.76. The molecule has 2 amide bonds. The molecule has 0 saturated carbocycles. The minimum absolute atomic E-state index is 0.182. The summed E-state index contributed by atoms with van der Waals surface area (Å²) < 4.78 is 1.39. The minimum Gasteiger partial charge on any atom is -0.389 e. The topological polar surface area (TPSA) is 99.5 Å². The number of β-amino-alcohol motifs (C(OH)–C–C–N with tert-alkyl or cyclic N) is 1. The lowest BCUT2D eigenvalue weighted by molar-refractivity contribution is 0.0931. The molecule has 26 heavy (non-hydrogen) atoms. The molecule has 0 aliphatic carbocycles. The lowest BCUT2D eigenvalue weighted by Crippen LogP contribution is -2.34. The van der Waals surface area contributed by atoms with E-state index in [-0.39, 0.29) is 30.6 Å². The SMILES string of the molecule is O=C(NCCN1CCc2ccccc21)c1cc2n(n1)C[C@@H](O)CNC2=O. The molecule has 8 nitrogen and oxygen atoms in total. The number of hydrogen-bond donors (Lipinski definition) is 3. The Morgan fingerprint density at radius 2 is 2.23 bits per heavy atom. The maximum Gasteiger partial charge on any atom is 0.271 e. The van der Waals surface area contributed by atoms with E-state index < -0.39 is 6.10 Å². The van der Waals surface area contributed by atoms with Gasteiger partial charge in [-0.15, -0.1) is 0 Å². The van der Waals surface area contributed by atoms with Crippen LogP contribution in [0, 0.1) is 0 Å². The molecule has 1 aromatic heterocycles. The lowest BCUT2D eigenvalue weighted by Gasteiger charge is -2.19. The van der Waals surface area contributed by atoms with Crippen LogP contribution in [0.3, 0.4) is 0 Å². The zero-order valence-corrected chi connectivity index (χ0v) is 14.3. The molecule has 0 unspecified atom stereocenters. The van der Waals surface area contributed by atoms with Gasteiger partial charge in [-0.2, -0.15) is 5.10 Å². The fourth-order valence-corrected chi connectivity index (χ4v) is 3.45. The zero-order chi connectivity index (χ0) is 18.1. The molecule has 0 bridgehead atoms. The maximum absolute atomic E-state index is 12.4. The number of aliphatic hydroxyl groups excluding tert-OH is 1. The normalized spacial score (nSPS) is 18.7. The number of benzene rings is 1. The fourth-order valence-electron chi connectivity index (χ4n) is 3.45. The van der Waals surface area contributed by atoms with Crippen molar-refractivity contribution in [3.05, 3.63) is 47.3 Å². The molecule has 2 aliphatic heterocycles. The van der Waals surface area contributed by atoms with Gasteiger partial charge in [-0.3, -0.25) is 14.3 Å². The number of para-hydroxylation sites is 1. The highest BCUT2D eigenvalue weighted by Crippen LogP contribution is 2.26. The third kappa shape index (κ3) is 3.15. The maximum atomic E-state index is 12.4. The Labute approximate surface area is 150 Å². The van der Waals surface area contributed by atoms with Crippen LogP contribution in [0.2, 0.25) is 0 Å². The quantitative estimate of drug-likeness (QED) is 0.704. The zero-order valence-electron chi connectivity index (χ0n) is 14.3. The number of nitrogens with zero attached hydrogens (tertiary/aromatic N) is 3. The number of aliphatic hydroxyl groups is 1. The van der Waals surface area contributed by atoms with Crippen LogP contribution >= 0.6 is 0 Å². The third-order valence-electron chi connectivity index (χ3n) is 4.78. The average Bonchev–Trinajstić information content (AvgIpc) is 3.21. The van der Waals surface area contributed by atoms with Crippen LogP contribution in [0.5, 0.6) is 0 Å². The van der Waals surface area contributed by atoms with Crippen molar-refractivity contribution >= 4 is 17.5 Å². The Balaban J connectivity index is 1.37. The number of amides is 2. The van der Waals surface area contributed by atoms with Crippen LogP contribution in [-0.2, 0) is 13.0 Å². The van der Waals surface area contributed by atoms with Gasteiger partial charge in [0.05, 0.1) is 12.6 Å². The molecule has 4 rings (SSSR count). The number of rotatable bonds is 4. The van der Waals surface area contributed by atoms with E-state index in [2.05, 4.69) is 32.8 Å². The number of carbonyl (C=O) groups excluding carboxylic acids is 2. The molecule has 2 aliphatic rings. The van der Waals surface area contributed by atoms with E-state index in [1.54, 1.807) is 0 Å². The van der Waals surface area contributed by atoms with Gasteiger partial charge in [-0.1, -0.05) is 18.2 Å². The van der Waals surface area contributed by atoms with E-state index in [0.717, 1.165) is 19.5 Å². The second-order valence-corrected chi connectivity index (χ2v) is 6.58. The molecule has 0 saturated heterocycles. The fraction of sp³-hybridized carbons (Fsp3) is 0.389. The summed E-state index contributed by atoms with van der Waals surface area (Å²) in [5.74, 6) is -0.651. The second kappa shape index (κ2) is 6.80. The van der Waals surface area contributed by atoms with E-state index in [1.165, 1.54) is 22.0 Å². The van der Waals surface area contributed by atoms with Gasteiger partial charge in [0.1, 0.15) is 5.69 Å². The highest BCUT2D eigenvalue weighted by molar-refractivity contribution is 5.98. The molecule has 0 fully saturated rings. The average molecular weight is 355 g/mol. The van der Waals surface area contributed by atoms with Gasteiger partial charge >= 0.3 is 0 Å². The van der Waals surface area contributed by atoms with Crippen molar-refractivity contribution in [1.29, 1.82) is 0 Å². The molecule has 136 valence electrons. The first-order valence-electron chi connectivity index (χ1n) is 8.77. The summed E-state index contributed by atoms with van der Waals surface area (Å²) in [5.41, 5.74) is 3.04. The molecule has 3 heterocycles. The third-order valence-corrected chi connectivity index (χ3v) is 4.78. The Morgan fingerprint density at radius 1 is 1.38 bits per heavy atom. The molecule has 1 atom stereocenters. The Bertz CT molecular complexity index is 847. The lowest BCUT2D eigenvalue weighted by atomic mass is 10.2. The van der Waals surface area contributed by atoms with Crippen LogP contribution in [0.15, 0.2) is 30.3 Å². The van der Waals surface area contributed by atoms with Gasteiger partial charge in [0.25, 0.3) is 11.8 Å². The first kappa shape index (κ1) is 16.6. The highest BCUT2D eigenvalue weighted by atomic mass is 16.3. The summed E-state index contributed by atoms with van der Waals surface area (Å²) in [6.45, 7) is 2.53. The Morgan fingerprint density at radius 3 is 3.12 bits per heavy atom. The van der Waals surface area contributed by atoms with Crippen molar-refractivity contribution in [3.63, 3.8) is 0 Å². The van der Waals surface area contributed by atoms with Gasteiger partial charge in [0, 0.05) is 37.9 Å². The highest BCUT2D eigenvalue weighted by Gasteiger charge is 2.24. The monoisotopic (exact) mass is 355 g/mol. The molecule has 0 spiro atoms. The molecule has 2 aromatic rings. The molecule has 8 heteroatoms. The van der Waals surface area contributed by atoms with E-state index in [0.29, 0.717) is 12.2 Å². The smallest absolute Gasteiger partial charge is 0.271 e. The molecule has 0 radical (unpaired) electrons. The summed E-state index contributed by atoms with van der Waals surface area (Å²) in [7, 11) is 0. The van der Waals surface area contributed by atoms with E-state index in [4.69, 9.17) is 0 Å². The summed E-state index contributed by atoms with van der Waals surface area (Å²) in [4.78, 5) is 26.6. The van der Waals surface area contributed by atoms with Crippen molar-refractivity contribution in [2.24, 2.45) is 0 Å². The summed E-state index contributed by atoms with van der Waals surface area (Å²) in [6.07, 6.45) is 0.307. The van der Waals surface area contributed by atoms with Crippen LogP contribution in [0.4, 0.5) is 5.69 Å². The predicted molar refractivity (Wildman–Crippen MR) is 95.3 cm³/mol. The van der Waals surface area contributed by atoms with Gasteiger partial charge in [0.2, 0.25) is 0 Å². The van der Waals surface area contributed by atoms with Crippen molar-refractivity contribution in [1.82, 2.24) is 20.4 Å². The van der Waals surface area contributed by atoms with Crippen LogP contribution in [-0.4, -0.2) is 59.0 Å². The number of carbonyl (C=O) groups is 2. The standard InChI is InChI=1S/C18H21N5O3/c24-13-10-20-18(26)16-9-14(21-23(16)11-13)17(25)19-6-8-22-7-5-12-3-1-2-4-15(12)22/h1-4,9,13,24H,5-8,10-11H2,(H,19,25)(H,20,26)/t13-/m0/s1. The van der Waals surface area contributed by atoms with Gasteiger partial charge in [0.15, 0.2) is 5.69 Å². The van der Waals surface area contributed by atoms with Gasteiger partial charge in [-0.05, 0) is 18.1 Å². The van der Waals surface area contributed by atoms with Crippen molar-refractivity contribution in [2.45, 2.75) is 19.1 Å². The number of hydrogen-bond acceptors (Lipinski definition) is 5. The number of aromatic nitrogens is 2. The minimum atomic E-state index is -0.716.